The zero-order valence-corrected chi connectivity index (χ0v) is 14.1. The van der Waals surface area contributed by atoms with Gasteiger partial charge in [0, 0.05) is 0 Å². The van der Waals surface area contributed by atoms with Crippen LogP contribution in [0.1, 0.15) is 27.7 Å². The molecule has 4 fully saturated rings. The van der Waals surface area contributed by atoms with E-state index in [9.17, 15) is 9.59 Å². The van der Waals surface area contributed by atoms with Crippen molar-refractivity contribution in [3.05, 3.63) is 0 Å². The molecule has 0 bridgehead atoms. The molecule has 1 spiro atoms. The lowest BCUT2D eigenvalue weighted by Crippen LogP contribution is -2.70. The minimum Gasteiger partial charge on any atom is -0.348 e. The Morgan fingerprint density at radius 2 is 1.71 bits per heavy atom. The van der Waals surface area contributed by atoms with Crippen LogP contribution in [0.5, 0.6) is 0 Å². The number of piperazine rings is 1. The molecule has 2 N–H and O–H groups in total. The highest BCUT2D eigenvalue weighted by molar-refractivity contribution is 5.97. The maximum absolute atomic E-state index is 12.5. The molecule has 4 aliphatic rings. The van der Waals surface area contributed by atoms with E-state index in [1.807, 2.05) is 0 Å². The first-order valence-electron chi connectivity index (χ1n) is 8.06. The van der Waals surface area contributed by atoms with Crippen molar-refractivity contribution in [2.45, 2.75) is 69.4 Å². The number of fused-ring (bicyclic) bond motifs is 2. The molecule has 0 saturated carbocycles. The number of hydrogen-bond acceptors (Lipinski definition) is 7. The second-order valence-electron chi connectivity index (χ2n) is 7.44. The van der Waals surface area contributed by atoms with Gasteiger partial charge < -0.3 is 34.3 Å². The SMILES string of the molecule is CC1(C)OC[C@H]([C@H]2O[C@]3(NC(=O)CNC3=O)[C@H]3OC(C)(C)O[C@@H]23)O1. The van der Waals surface area contributed by atoms with Crippen LogP contribution in [-0.4, -0.2) is 66.7 Å². The fourth-order valence-corrected chi connectivity index (χ4v) is 3.74. The summed E-state index contributed by atoms with van der Waals surface area (Å²) in [4.78, 5) is 24.4. The monoisotopic (exact) mass is 342 g/mol. The molecule has 9 heteroatoms. The zero-order valence-electron chi connectivity index (χ0n) is 14.1. The van der Waals surface area contributed by atoms with Crippen molar-refractivity contribution in [3.8, 4) is 0 Å². The van der Waals surface area contributed by atoms with E-state index in [1.54, 1.807) is 27.7 Å². The van der Waals surface area contributed by atoms with E-state index in [4.69, 9.17) is 23.7 Å². The number of amides is 2. The number of nitrogens with one attached hydrogen (secondary N) is 2. The van der Waals surface area contributed by atoms with Crippen LogP contribution in [0.15, 0.2) is 0 Å². The first kappa shape index (κ1) is 16.2. The highest BCUT2D eigenvalue weighted by atomic mass is 16.8. The van der Waals surface area contributed by atoms with Gasteiger partial charge in [-0.1, -0.05) is 0 Å². The molecule has 4 aliphatic heterocycles. The molecular formula is C15H22N2O7. The van der Waals surface area contributed by atoms with Gasteiger partial charge in [-0.3, -0.25) is 9.59 Å². The molecule has 9 nitrogen and oxygen atoms in total. The van der Waals surface area contributed by atoms with E-state index in [-0.39, 0.29) is 12.5 Å². The lowest BCUT2D eigenvalue weighted by Gasteiger charge is -2.37. The predicted molar refractivity (Wildman–Crippen MR) is 77.5 cm³/mol. The Morgan fingerprint density at radius 1 is 0.958 bits per heavy atom. The minimum absolute atomic E-state index is 0.0910. The van der Waals surface area contributed by atoms with E-state index < -0.39 is 47.6 Å². The summed E-state index contributed by atoms with van der Waals surface area (Å²) in [6.45, 7) is 7.34. The molecule has 2 amide bonds. The summed E-state index contributed by atoms with van der Waals surface area (Å²) >= 11 is 0. The number of carbonyl (C=O) groups excluding carboxylic acids is 2. The van der Waals surface area contributed by atoms with E-state index in [0.717, 1.165) is 0 Å². The molecular weight excluding hydrogens is 320 g/mol. The van der Waals surface area contributed by atoms with Crippen molar-refractivity contribution in [2.75, 3.05) is 13.2 Å². The average Bonchev–Trinajstić information content (AvgIpc) is 3.06. The molecule has 4 heterocycles. The Bertz CT molecular complexity index is 592. The Labute approximate surface area is 139 Å². The van der Waals surface area contributed by atoms with Crippen LogP contribution in [0, 0.1) is 0 Å². The third-order valence-corrected chi connectivity index (χ3v) is 4.64. The Hall–Kier alpha value is -1.26. The fourth-order valence-electron chi connectivity index (χ4n) is 3.74. The summed E-state index contributed by atoms with van der Waals surface area (Å²) in [6, 6.07) is 0. The molecule has 5 atom stereocenters. The molecule has 4 rings (SSSR count). The van der Waals surface area contributed by atoms with Crippen LogP contribution in [-0.2, 0) is 33.3 Å². The van der Waals surface area contributed by atoms with E-state index in [2.05, 4.69) is 10.6 Å². The Balaban J connectivity index is 1.68. The van der Waals surface area contributed by atoms with Crippen LogP contribution >= 0.6 is 0 Å². The maximum Gasteiger partial charge on any atom is 0.276 e. The summed E-state index contributed by atoms with van der Waals surface area (Å²) in [5.74, 6) is -2.43. The number of hydrogen-bond donors (Lipinski definition) is 2. The van der Waals surface area contributed by atoms with Gasteiger partial charge in [0.25, 0.3) is 11.6 Å². The number of carbonyl (C=O) groups is 2. The summed E-state index contributed by atoms with van der Waals surface area (Å²) in [5.41, 5.74) is -1.62. The van der Waals surface area contributed by atoms with Crippen molar-refractivity contribution >= 4 is 11.8 Å². The summed E-state index contributed by atoms with van der Waals surface area (Å²) in [6.07, 6.45) is -2.38. The highest BCUT2D eigenvalue weighted by Crippen LogP contribution is 2.46. The summed E-state index contributed by atoms with van der Waals surface area (Å²) in [5, 5.41) is 5.20. The van der Waals surface area contributed by atoms with Gasteiger partial charge in [-0.15, -0.1) is 0 Å². The van der Waals surface area contributed by atoms with Gasteiger partial charge in [-0.2, -0.15) is 0 Å². The van der Waals surface area contributed by atoms with E-state index in [0.29, 0.717) is 6.61 Å². The van der Waals surface area contributed by atoms with Crippen molar-refractivity contribution < 1.29 is 33.3 Å². The van der Waals surface area contributed by atoms with Crippen LogP contribution < -0.4 is 10.6 Å². The number of rotatable bonds is 1. The molecule has 24 heavy (non-hydrogen) atoms. The van der Waals surface area contributed by atoms with Crippen LogP contribution in [0.4, 0.5) is 0 Å². The second kappa shape index (κ2) is 4.89. The zero-order chi connectivity index (χ0) is 17.3. The maximum atomic E-state index is 12.5. The Morgan fingerprint density at radius 3 is 2.38 bits per heavy atom. The lowest BCUT2D eigenvalue weighted by molar-refractivity contribution is -0.232. The van der Waals surface area contributed by atoms with E-state index in [1.165, 1.54) is 0 Å². The van der Waals surface area contributed by atoms with Crippen LogP contribution in [0.25, 0.3) is 0 Å². The first-order chi connectivity index (χ1) is 11.1. The molecule has 0 aromatic heterocycles. The van der Waals surface area contributed by atoms with Crippen LogP contribution in [0.2, 0.25) is 0 Å². The predicted octanol–water partition coefficient (Wildman–Crippen LogP) is -1.00. The highest BCUT2D eigenvalue weighted by Gasteiger charge is 2.69. The standard InChI is InChI=1S/C15H22N2O7/c1-13(2)20-6-7(21-13)9-10-11(24-14(3,4)22-10)15(23-9)12(19)16-5-8(18)17-15/h7,9-11H,5-6H2,1-4H3,(H,16,19)(H,17,18)/t7-,9-,10+,11+,15-/m1/s1. The Kier molecular flexibility index (Phi) is 3.30. The normalized spacial score (nSPS) is 46.0. The van der Waals surface area contributed by atoms with Gasteiger partial charge in [-0.25, -0.2) is 0 Å². The summed E-state index contributed by atoms with van der Waals surface area (Å²) in [7, 11) is 0. The average molecular weight is 342 g/mol. The second-order valence-corrected chi connectivity index (χ2v) is 7.44. The molecule has 0 unspecified atom stereocenters. The molecule has 134 valence electrons. The molecule has 0 radical (unpaired) electrons. The third-order valence-electron chi connectivity index (χ3n) is 4.64. The van der Waals surface area contributed by atoms with Crippen LogP contribution in [0.3, 0.4) is 0 Å². The minimum atomic E-state index is -1.62. The van der Waals surface area contributed by atoms with Gasteiger partial charge >= 0.3 is 0 Å². The van der Waals surface area contributed by atoms with E-state index >= 15 is 0 Å². The van der Waals surface area contributed by atoms with Gasteiger partial charge in [0.15, 0.2) is 11.6 Å². The fraction of sp³-hybridized carbons (Fsp3) is 0.867. The third kappa shape index (κ3) is 2.34. The van der Waals surface area contributed by atoms with Crippen molar-refractivity contribution in [2.24, 2.45) is 0 Å². The summed E-state index contributed by atoms with van der Waals surface area (Å²) < 4.78 is 29.4. The largest absolute Gasteiger partial charge is 0.348 e. The smallest absolute Gasteiger partial charge is 0.276 e. The van der Waals surface area contributed by atoms with Gasteiger partial charge in [-0.05, 0) is 27.7 Å². The molecule has 0 aromatic carbocycles. The quantitative estimate of drug-likeness (QED) is 0.630. The molecule has 4 saturated heterocycles. The molecule has 0 aliphatic carbocycles. The van der Waals surface area contributed by atoms with Gasteiger partial charge in [0.2, 0.25) is 5.91 Å². The van der Waals surface area contributed by atoms with Gasteiger partial charge in [0.1, 0.15) is 24.4 Å². The van der Waals surface area contributed by atoms with Crippen molar-refractivity contribution in [1.29, 1.82) is 0 Å². The number of ether oxygens (including phenoxy) is 5. The lowest BCUT2D eigenvalue weighted by atomic mass is 9.98. The van der Waals surface area contributed by atoms with Crippen molar-refractivity contribution in [3.63, 3.8) is 0 Å². The first-order valence-corrected chi connectivity index (χ1v) is 8.06. The van der Waals surface area contributed by atoms with Gasteiger partial charge in [0.05, 0.1) is 13.2 Å². The topological polar surface area (TPSA) is 104 Å². The molecule has 0 aromatic rings. The van der Waals surface area contributed by atoms with Crippen molar-refractivity contribution in [1.82, 2.24) is 10.6 Å².